The highest BCUT2D eigenvalue weighted by atomic mass is 16.5. The van der Waals surface area contributed by atoms with Gasteiger partial charge in [0.2, 0.25) is 0 Å². The molecule has 1 fully saturated rings. The summed E-state index contributed by atoms with van der Waals surface area (Å²) >= 11 is 0. The minimum Gasteiger partial charge on any atom is -0.365 e. The lowest BCUT2D eigenvalue weighted by atomic mass is 9.72. The molecule has 0 saturated heterocycles. The van der Waals surface area contributed by atoms with Gasteiger partial charge in [-0.3, -0.25) is 0 Å². The SMILES string of the molecule is CC1(C)CCCCC1(O)O. The van der Waals surface area contributed by atoms with Crippen LogP contribution in [0.3, 0.4) is 0 Å². The molecule has 0 aromatic heterocycles. The van der Waals surface area contributed by atoms with E-state index in [9.17, 15) is 10.2 Å². The predicted molar refractivity (Wildman–Crippen MR) is 39.4 cm³/mol. The highest BCUT2D eigenvalue weighted by Crippen LogP contribution is 2.41. The summed E-state index contributed by atoms with van der Waals surface area (Å²) in [5.74, 6) is -1.43. The molecule has 0 unspecified atom stereocenters. The van der Waals surface area contributed by atoms with Crippen LogP contribution < -0.4 is 0 Å². The van der Waals surface area contributed by atoms with Crippen molar-refractivity contribution in [3.63, 3.8) is 0 Å². The van der Waals surface area contributed by atoms with E-state index in [4.69, 9.17) is 0 Å². The van der Waals surface area contributed by atoms with Gasteiger partial charge in [0, 0.05) is 11.8 Å². The van der Waals surface area contributed by atoms with Gasteiger partial charge < -0.3 is 10.2 Å². The van der Waals surface area contributed by atoms with E-state index in [-0.39, 0.29) is 5.41 Å². The van der Waals surface area contributed by atoms with Gasteiger partial charge in [0.25, 0.3) is 0 Å². The summed E-state index contributed by atoms with van der Waals surface area (Å²) in [7, 11) is 0. The van der Waals surface area contributed by atoms with Crippen molar-refractivity contribution in [3.05, 3.63) is 0 Å². The Balaban J connectivity index is 2.70. The normalized spacial score (nSPS) is 30.0. The van der Waals surface area contributed by atoms with Crippen molar-refractivity contribution >= 4 is 0 Å². The largest absolute Gasteiger partial charge is 0.365 e. The summed E-state index contributed by atoms with van der Waals surface area (Å²) in [6, 6.07) is 0. The number of hydrogen-bond donors (Lipinski definition) is 2. The standard InChI is InChI=1S/C8H16O2/c1-7(2)5-3-4-6-8(7,9)10/h9-10H,3-6H2,1-2H3. The summed E-state index contributed by atoms with van der Waals surface area (Å²) in [6.07, 6.45) is 3.51. The van der Waals surface area contributed by atoms with Gasteiger partial charge in [-0.2, -0.15) is 0 Å². The first-order valence-electron chi connectivity index (χ1n) is 3.90. The first-order chi connectivity index (χ1) is 4.46. The Morgan fingerprint density at radius 3 is 1.80 bits per heavy atom. The maximum Gasteiger partial charge on any atom is 0.167 e. The van der Waals surface area contributed by atoms with Gasteiger partial charge in [-0.1, -0.05) is 20.3 Å². The van der Waals surface area contributed by atoms with Crippen LogP contribution >= 0.6 is 0 Å². The van der Waals surface area contributed by atoms with E-state index >= 15 is 0 Å². The van der Waals surface area contributed by atoms with E-state index in [1.165, 1.54) is 0 Å². The molecule has 0 aromatic carbocycles. The topological polar surface area (TPSA) is 40.5 Å². The molecule has 1 aliphatic carbocycles. The van der Waals surface area contributed by atoms with Crippen LogP contribution in [0.25, 0.3) is 0 Å². The number of rotatable bonds is 0. The molecular weight excluding hydrogens is 128 g/mol. The number of aliphatic hydroxyl groups is 2. The monoisotopic (exact) mass is 144 g/mol. The van der Waals surface area contributed by atoms with Crippen LogP contribution in [0.15, 0.2) is 0 Å². The zero-order valence-electron chi connectivity index (χ0n) is 6.72. The molecule has 1 aliphatic rings. The third kappa shape index (κ3) is 1.18. The van der Waals surface area contributed by atoms with E-state index in [1.807, 2.05) is 13.8 Å². The molecule has 0 radical (unpaired) electrons. The van der Waals surface area contributed by atoms with E-state index in [1.54, 1.807) is 0 Å². The first-order valence-corrected chi connectivity index (χ1v) is 3.90. The molecule has 60 valence electrons. The predicted octanol–water partition coefficient (Wildman–Crippen LogP) is 1.27. The molecule has 0 bridgehead atoms. The average molecular weight is 144 g/mol. The number of hydrogen-bond acceptors (Lipinski definition) is 2. The van der Waals surface area contributed by atoms with Crippen LogP contribution in [-0.4, -0.2) is 16.0 Å². The van der Waals surface area contributed by atoms with Crippen molar-refractivity contribution in [1.29, 1.82) is 0 Å². The van der Waals surface area contributed by atoms with Gasteiger partial charge in [-0.15, -0.1) is 0 Å². The molecule has 0 amide bonds. The van der Waals surface area contributed by atoms with Crippen molar-refractivity contribution in [2.45, 2.75) is 45.3 Å². The van der Waals surface area contributed by atoms with E-state index in [0.29, 0.717) is 6.42 Å². The van der Waals surface area contributed by atoms with Crippen molar-refractivity contribution in [3.8, 4) is 0 Å². The molecule has 1 saturated carbocycles. The molecule has 0 atom stereocenters. The van der Waals surface area contributed by atoms with Crippen LogP contribution in [0.1, 0.15) is 39.5 Å². The lowest BCUT2D eigenvalue weighted by molar-refractivity contribution is -0.250. The Bertz CT molecular complexity index is 111. The molecule has 2 N–H and O–H groups in total. The molecule has 0 aliphatic heterocycles. The molecule has 10 heavy (non-hydrogen) atoms. The van der Waals surface area contributed by atoms with Crippen LogP contribution in [-0.2, 0) is 0 Å². The fourth-order valence-corrected chi connectivity index (χ4v) is 1.48. The molecule has 0 heterocycles. The Hall–Kier alpha value is -0.0800. The zero-order valence-corrected chi connectivity index (χ0v) is 6.72. The molecule has 1 rings (SSSR count). The van der Waals surface area contributed by atoms with Crippen molar-refractivity contribution in [2.75, 3.05) is 0 Å². The lowest BCUT2D eigenvalue weighted by Crippen LogP contribution is -2.46. The minimum atomic E-state index is -1.43. The van der Waals surface area contributed by atoms with Gasteiger partial charge in [-0.25, -0.2) is 0 Å². The summed E-state index contributed by atoms with van der Waals surface area (Å²) in [5.41, 5.74) is -0.314. The van der Waals surface area contributed by atoms with E-state index in [2.05, 4.69) is 0 Å². The summed E-state index contributed by atoms with van der Waals surface area (Å²) in [5, 5.41) is 18.9. The molecule has 2 nitrogen and oxygen atoms in total. The van der Waals surface area contributed by atoms with Gasteiger partial charge >= 0.3 is 0 Å². The van der Waals surface area contributed by atoms with Crippen LogP contribution in [0.4, 0.5) is 0 Å². The third-order valence-electron chi connectivity index (χ3n) is 2.66. The Morgan fingerprint density at radius 2 is 1.50 bits per heavy atom. The van der Waals surface area contributed by atoms with E-state index < -0.39 is 5.79 Å². The van der Waals surface area contributed by atoms with Gasteiger partial charge in [0.05, 0.1) is 0 Å². The molecule has 0 aromatic rings. The highest BCUT2D eigenvalue weighted by Gasteiger charge is 2.43. The third-order valence-corrected chi connectivity index (χ3v) is 2.66. The summed E-state index contributed by atoms with van der Waals surface area (Å²) in [4.78, 5) is 0. The first kappa shape index (κ1) is 8.02. The second-order valence-electron chi connectivity index (χ2n) is 3.91. The minimum absolute atomic E-state index is 0.314. The van der Waals surface area contributed by atoms with Crippen molar-refractivity contribution in [1.82, 2.24) is 0 Å². The molecule has 0 spiro atoms. The molecule has 2 heteroatoms. The van der Waals surface area contributed by atoms with Crippen LogP contribution in [0.2, 0.25) is 0 Å². The Labute approximate surface area is 61.9 Å². The Kier molecular flexibility index (Phi) is 1.77. The summed E-state index contributed by atoms with van der Waals surface area (Å²) in [6.45, 7) is 3.82. The fourth-order valence-electron chi connectivity index (χ4n) is 1.48. The van der Waals surface area contributed by atoms with Gasteiger partial charge in [-0.05, 0) is 12.8 Å². The van der Waals surface area contributed by atoms with Crippen LogP contribution in [0, 0.1) is 5.41 Å². The van der Waals surface area contributed by atoms with Gasteiger partial charge in [0.1, 0.15) is 0 Å². The maximum atomic E-state index is 9.46. The maximum absolute atomic E-state index is 9.46. The fraction of sp³-hybridized carbons (Fsp3) is 1.00. The molecular formula is C8H16O2. The van der Waals surface area contributed by atoms with Crippen molar-refractivity contribution in [2.24, 2.45) is 5.41 Å². The average Bonchev–Trinajstić information content (AvgIpc) is 1.77. The lowest BCUT2D eigenvalue weighted by Gasteiger charge is -2.42. The highest BCUT2D eigenvalue weighted by molar-refractivity contribution is 4.87. The van der Waals surface area contributed by atoms with Gasteiger partial charge in [0.15, 0.2) is 5.79 Å². The quantitative estimate of drug-likeness (QED) is 0.502. The summed E-state index contributed by atoms with van der Waals surface area (Å²) < 4.78 is 0. The smallest absolute Gasteiger partial charge is 0.167 e. The second kappa shape index (κ2) is 2.21. The Morgan fingerprint density at radius 1 is 1.00 bits per heavy atom. The zero-order chi connectivity index (χ0) is 7.83. The van der Waals surface area contributed by atoms with Crippen molar-refractivity contribution < 1.29 is 10.2 Å². The van der Waals surface area contributed by atoms with Crippen LogP contribution in [0.5, 0.6) is 0 Å². The van der Waals surface area contributed by atoms with E-state index in [0.717, 1.165) is 19.3 Å². The second-order valence-corrected chi connectivity index (χ2v) is 3.91.